The molecule has 0 fully saturated rings. The molecule has 0 aliphatic carbocycles. The minimum Gasteiger partial charge on any atom is -0.459 e. The Morgan fingerprint density at radius 3 is 1.70 bits per heavy atom. The summed E-state index contributed by atoms with van der Waals surface area (Å²) in [6.45, 7) is 9.64. The maximum atomic E-state index is 12.2. The average molecular weight is 567 g/mol. The van der Waals surface area contributed by atoms with Crippen LogP contribution in [0.5, 0.6) is 0 Å². The average Bonchev–Trinajstić information content (AvgIpc) is 2.86. The topological polar surface area (TPSA) is 82.1 Å². The van der Waals surface area contributed by atoms with Gasteiger partial charge in [0.15, 0.2) is 6.29 Å². The number of ether oxygens (including phenoxy) is 3. The molecular formula is C29H59O6PS. The Labute approximate surface area is 235 Å². The highest BCUT2D eigenvalue weighted by Crippen LogP contribution is 2.30. The van der Waals surface area contributed by atoms with Gasteiger partial charge in [-0.2, -0.15) is 0 Å². The predicted octanol–water partition coefficient (Wildman–Crippen LogP) is 8.65. The van der Waals surface area contributed by atoms with Gasteiger partial charge in [0, 0.05) is 0 Å². The number of hydrogen-bond acceptors (Lipinski definition) is 7. The lowest BCUT2D eigenvalue weighted by atomic mass is 9.91. The third-order valence-electron chi connectivity index (χ3n) is 6.72. The summed E-state index contributed by atoms with van der Waals surface area (Å²) < 4.78 is 28.1. The molecule has 5 atom stereocenters. The quantitative estimate of drug-likeness (QED) is 0.0358. The van der Waals surface area contributed by atoms with Crippen LogP contribution in [0.4, 0.5) is 0 Å². The van der Waals surface area contributed by atoms with Crippen LogP contribution in [0.2, 0.25) is 0 Å². The van der Waals surface area contributed by atoms with Crippen LogP contribution in [0.1, 0.15) is 150 Å². The van der Waals surface area contributed by atoms with Gasteiger partial charge < -0.3 is 23.9 Å². The minimum absolute atomic E-state index is 0.383. The Hall–Kier alpha value is -0.0700. The monoisotopic (exact) mass is 566 g/mol. The zero-order chi connectivity index (χ0) is 27.9. The SMILES string of the molecule is CCCCCCCCCCCC(CCCCCCC)CC(S)OC(CC)OC(O)([PH2]=O)C(=O)OC(C)C. The van der Waals surface area contributed by atoms with E-state index in [1.54, 1.807) is 13.8 Å². The lowest BCUT2D eigenvalue weighted by molar-refractivity contribution is -0.260. The van der Waals surface area contributed by atoms with Gasteiger partial charge in [0.1, 0.15) is 13.9 Å². The molecule has 6 nitrogen and oxygen atoms in total. The number of unbranched alkanes of at least 4 members (excludes halogenated alkanes) is 12. The highest BCUT2D eigenvalue weighted by Gasteiger charge is 2.41. The fourth-order valence-electron chi connectivity index (χ4n) is 4.51. The fraction of sp³-hybridized carbons (Fsp3) is 0.966. The van der Waals surface area contributed by atoms with E-state index in [1.807, 2.05) is 6.92 Å². The van der Waals surface area contributed by atoms with Crippen LogP contribution in [-0.4, -0.2) is 34.4 Å². The molecule has 0 bridgehead atoms. The van der Waals surface area contributed by atoms with Gasteiger partial charge in [-0.25, -0.2) is 4.79 Å². The summed E-state index contributed by atoms with van der Waals surface area (Å²) in [4.78, 5) is 12.2. The van der Waals surface area contributed by atoms with Crippen LogP contribution in [0.15, 0.2) is 0 Å². The molecule has 0 saturated carbocycles. The maximum absolute atomic E-state index is 12.2. The summed E-state index contributed by atoms with van der Waals surface area (Å²) in [6.07, 6.45) is 20.3. The Balaban J connectivity index is 4.73. The summed E-state index contributed by atoms with van der Waals surface area (Å²) >= 11 is 4.68. The van der Waals surface area contributed by atoms with Crippen LogP contribution in [0.25, 0.3) is 0 Å². The molecule has 222 valence electrons. The fourth-order valence-corrected chi connectivity index (χ4v) is 5.31. The summed E-state index contributed by atoms with van der Waals surface area (Å²) in [5, 5.41) is 10.5. The van der Waals surface area contributed by atoms with Crippen molar-refractivity contribution in [3.63, 3.8) is 0 Å². The van der Waals surface area contributed by atoms with Gasteiger partial charge >= 0.3 is 11.5 Å². The first-order chi connectivity index (χ1) is 17.7. The van der Waals surface area contributed by atoms with E-state index in [0.29, 0.717) is 12.3 Å². The molecule has 0 aromatic carbocycles. The van der Waals surface area contributed by atoms with Crippen LogP contribution in [0, 0.1) is 5.92 Å². The van der Waals surface area contributed by atoms with Crippen molar-refractivity contribution in [1.29, 1.82) is 0 Å². The number of esters is 1. The third-order valence-corrected chi connectivity index (χ3v) is 7.74. The van der Waals surface area contributed by atoms with E-state index in [9.17, 15) is 14.5 Å². The van der Waals surface area contributed by atoms with E-state index in [-0.39, 0.29) is 0 Å². The first-order valence-corrected chi connectivity index (χ1v) is 16.7. The van der Waals surface area contributed by atoms with Crippen LogP contribution in [0.3, 0.4) is 0 Å². The molecule has 0 aliphatic heterocycles. The van der Waals surface area contributed by atoms with E-state index in [0.717, 1.165) is 19.3 Å². The molecule has 0 rings (SSSR count). The van der Waals surface area contributed by atoms with E-state index >= 15 is 0 Å². The molecule has 0 aromatic rings. The second-order valence-electron chi connectivity index (χ2n) is 10.7. The van der Waals surface area contributed by atoms with Gasteiger partial charge in [-0.1, -0.05) is 124 Å². The zero-order valence-corrected chi connectivity index (χ0v) is 26.6. The van der Waals surface area contributed by atoms with Crippen LogP contribution in [-0.2, 0) is 23.6 Å². The molecule has 0 amide bonds. The third kappa shape index (κ3) is 19.6. The molecule has 5 unspecified atom stereocenters. The molecule has 1 N–H and O–H groups in total. The Kier molecular flexibility index (Phi) is 23.7. The minimum atomic E-state index is -2.48. The second-order valence-corrected chi connectivity index (χ2v) is 12.3. The summed E-state index contributed by atoms with van der Waals surface area (Å²) in [7, 11) is -1.97. The van der Waals surface area contributed by atoms with E-state index < -0.39 is 37.8 Å². The van der Waals surface area contributed by atoms with Crippen molar-refractivity contribution in [2.24, 2.45) is 5.92 Å². The summed E-state index contributed by atoms with van der Waals surface area (Å²) in [5.74, 6) is -0.526. The summed E-state index contributed by atoms with van der Waals surface area (Å²) in [5.41, 5.74) is -2.87. The van der Waals surface area contributed by atoms with E-state index in [4.69, 9.17) is 14.2 Å². The van der Waals surface area contributed by atoms with Crippen molar-refractivity contribution in [3.8, 4) is 0 Å². The largest absolute Gasteiger partial charge is 0.459 e. The molecule has 8 heteroatoms. The van der Waals surface area contributed by atoms with Gasteiger partial charge in [-0.15, -0.1) is 12.6 Å². The number of hydrogen-bond donors (Lipinski definition) is 2. The van der Waals surface area contributed by atoms with E-state index in [1.165, 1.54) is 89.9 Å². The number of aliphatic hydroxyl groups is 1. The Morgan fingerprint density at radius 2 is 1.30 bits per heavy atom. The van der Waals surface area contributed by atoms with Crippen molar-refractivity contribution in [2.45, 2.75) is 174 Å². The molecule has 0 radical (unpaired) electrons. The first-order valence-electron chi connectivity index (χ1n) is 15.1. The highest BCUT2D eigenvalue weighted by atomic mass is 32.1. The Bertz CT molecular complexity index is 565. The van der Waals surface area contributed by atoms with Crippen molar-refractivity contribution < 1.29 is 28.7 Å². The molecular weight excluding hydrogens is 507 g/mol. The van der Waals surface area contributed by atoms with Crippen molar-refractivity contribution in [1.82, 2.24) is 0 Å². The van der Waals surface area contributed by atoms with Gasteiger partial charge in [-0.3, -0.25) is 0 Å². The number of rotatable bonds is 26. The van der Waals surface area contributed by atoms with Crippen molar-refractivity contribution in [2.75, 3.05) is 0 Å². The zero-order valence-electron chi connectivity index (χ0n) is 24.6. The lowest BCUT2D eigenvalue weighted by Crippen LogP contribution is -2.42. The molecule has 37 heavy (non-hydrogen) atoms. The number of carbonyl (C=O) groups is 1. The molecule has 0 aromatic heterocycles. The first kappa shape index (κ1) is 36.9. The molecule has 0 aliphatic rings. The van der Waals surface area contributed by atoms with Gasteiger partial charge in [-0.05, 0) is 32.6 Å². The van der Waals surface area contributed by atoms with Gasteiger partial charge in [0.25, 0.3) is 0 Å². The lowest BCUT2D eigenvalue weighted by Gasteiger charge is -2.29. The Morgan fingerprint density at radius 1 is 0.838 bits per heavy atom. The summed E-state index contributed by atoms with van der Waals surface area (Å²) in [6, 6.07) is 0. The standard InChI is InChI=1S/C29H59O6PS/c1-6-9-11-13-14-15-16-18-20-22-25(21-19-17-12-10-7-2)23-27(37)34-26(8-3)35-29(31,36-32)28(30)33-24(4)5/h24-27,31,37H,6-23,36H2,1-5H3. The highest BCUT2D eigenvalue weighted by molar-refractivity contribution is 7.80. The number of thiol groups is 1. The van der Waals surface area contributed by atoms with Gasteiger partial charge in [0.05, 0.1) is 6.10 Å². The van der Waals surface area contributed by atoms with Gasteiger partial charge in [0.2, 0.25) is 0 Å². The number of carbonyl (C=O) groups excluding carboxylic acids is 1. The maximum Gasteiger partial charge on any atom is 0.374 e. The predicted molar refractivity (Wildman–Crippen MR) is 159 cm³/mol. The van der Waals surface area contributed by atoms with Crippen LogP contribution < -0.4 is 0 Å². The normalized spacial score (nSPS) is 16.2. The second kappa shape index (κ2) is 23.8. The van der Waals surface area contributed by atoms with E-state index in [2.05, 4.69) is 26.5 Å². The van der Waals surface area contributed by atoms with Crippen molar-refractivity contribution in [3.05, 3.63) is 0 Å². The molecule has 0 spiro atoms. The molecule has 0 heterocycles. The smallest absolute Gasteiger partial charge is 0.374 e. The van der Waals surface area contributed by atoms with Crippen LogP contribution >= 0.6 is 21.1 Å². The molecule has 0 saturated heterocycles. The van der Waals surface area contributed by atoms with Crippen molar-refractivity contribution >= 4 is 27.1 Å².